The van der Waals surface area contributed by atoms with Gasteiger partial charge in [0.15, 0.2) is 0 Å². The molecule has 17 heavy (non-hydrogen) atoms. The first-order valence-electron chi connectivity index (χ1n) is 5.85. The van der Waals surface area contributed by atoms with Crippen LogP contribution in [0.4, 0.5) is 0 Å². The van der Waals surface area contributed by atoms with Crippen molar-refractivity contribution >= 4 is 11.6 Å². The summed E-state index contributed by atoms with van der Waals surface area (Å²) in [5.41, 5.74) is 10.5. The van der Waals surface area contributed by atoms with Crippen LogP contribution in [0, 0.1) is 0 Å². The number of rotatable bonds is 2. The zero-order chi connectivity index (χ0) is 11.8. The summed E-state index contributed by atoms with van der Waals surface area (Å²) in [6.45, 7) is 0.523. The quantitative estimate of drug-likeness (QED) is 0.886. The Bertz CT molecular complexity index is 560. The van der Waals surface area contributed by atoms with E-state index in [0.29, 0.717) is 6.54 Å². The molecule has 0 amide bonds. The molecule has 0 radical (unpaired) electrons. The molecule has 1 aromatic carbocycles. The van der Waals surface area contributed by atoms with Gasteiger partial charge in [-0.3, -0.25) is 0 Å². The van der Waals surface area contributed by atoms with Crippen molar-refractivity contribution in [3.8, 4) is 5.69 Å². The van der Waals surface area contributed by atoms with Crippen molar-refractivity contribution in [2.45, 2.75) is 25.8 Å². The molecular weight excluding hydrogens is 234 g/mol. The molecule has 0 atom stereocenters. The Balaban J connectivity index is 2.15. The highest BCUT2D eigenvalue weighted by Crippen LogP contribution is 2.27. The van der Waals surface area contributed by atoms with E-state index in [2.05, 4.69) is 5.10 Å². The fourth-order valence-corrected chi connectivity index (χ4v) is 2.67. The SMILES string of the molecule is NCc1c2c(nn1-c1cccc(Cl)c1)CCC2. The second-order valence-corrected chi connectivity index (χ2v) is 4.76. The Kier molecular flexibility index (Phi) is 2.65. The molecule has 0 saturated carbocycles. The normalized spacial score (nSPS) is 14.0. The second-order valence-electron chi connectivity index (χ2n) is 4.32. The lowest BCUT2D eigenvalue weighted by molar-refractivity contribution is 0.752. The first-order chi connectivity index (χ1) is 8.29. The van der Waals surface area contributed by atoms with Gasteiger partial charge in [0.1, 0.15) is 0 Å². The Morgan fingerprint density at radius 1 is 1.35 bits per heavy atom. The van der Waals surface area contributed by atoms with Crippen LogP contribution in [0.2, 0.25) is 5.02 Å². The van der Waals surface area contributed by atoms with Crippen LogP contribution in [0.3, 0.4) is 0 Å². The van der Waals surface area contributed by atoms with Crippen LogP contribution in [-0.2, 0) is 19.4 Å². The van der Waals surface area contributed by atoms with Crippen LogP contribution in [0.15, 0.2) is 24.3 Å². The fourth-order valence-electron chi connectivity index (χ4n) is 2.49. The maximum atomic E-state index is 6.01. The zero-order valence-electron chi connectivity index (χ0n) is 9.49. The third-order valence-corrected chi connectivity index (χ3v) is 3.49. The lowest BCUT2D eigenvalue weighted by Crippen LogP contribution is -2.09. The maximum Gasteiger partial charge on any atom is 0.0664 e. The number of fused-ring (bicyclic) bond motifs is 1. The number of aryl methyl sites for hydroxylation is 1. The summed E-state index contributed by atoms with van der Waals surface area (Å²) in [7, 11) is 0. The molecule has 2 N–H and O–H groups in total. The number of hydrogen-bond acceptors (Lipinski definition) is 2. The van der Waals surface area contributed by atoms with Crippen LogP contribution >= 0.6 is 11.6 Å². The summed E-state index contributed by atoms with van der Waals surface area (Å²) in [6.07, 6.45) is 3.36. The number of benzene rings is 1. The molecule has 88 valence electrons. The molecule has 2 aromatic rings. The topological polar surface area (TPSA) is 43.8 Å². The van der Waals surface area contributed by atoms with Gasteiger partial charge in [0.05, 0.1) is 17.1 Å². The van der Waals surface area contributed by atoms with Crippen molar-refractivity contribution in [1.29, 1.82) is 0 Å². The highest BCUT2D eigenvalue weighted by molar-refractivity contribution is 6.30. The predicted octanol–water partition coefficient (Wildman–Crippen LogP) is 2.47. The molecule has 4 heteroatoms. The van der Waals surface area contributed by atoms with Gasteiger partial charge in [-0.05, 0) is 43.0 Å². The highest BCUT2D eigenvalue weighted by Gasteiger charge is 2.21. The summed E-state index contributed by atoms with van der Waals surface area (Å²) in [5, 5.41) is 5.37. The standard InChI is InChI=1S/C13H14ClN3/c14-9-3-1-4-10(7-9)17-13(8-15)11-5-2-6-12(11)16-17/h1,3-4,7H,2,5-6,8,15H2. The minimum Gasteiger partial charge on any atom is -0.325 e. The van der Waals surface area contributed by atoms with Gasteiger partial charge in [-0.15, -0.1) is 0 Å². The Morgan fingerprint density at radius 3 is 3.00 bits per heavy atom. The highest BCUT2D eigenvalue weighted by atomic mass is 35.5. The molecule has 3 rings (SSSR count). The monoisotopic (exact) mass is 247 g/mol. The molecule has 0 unspecified atom stereocenters. The molecule has 0 fully saturated rings. The lowest BCUT2D eigenvalue weighted by atomic mass is 10.2. The Labute approximate surface area is 105 Å². The Hall–Kier alpha value is -1.32. The largest absolute Gasteiger partial charge is 0.325 e. The van der Waals surface area contributed by atoms with Gasteiger partial charge in [-0.2, -0.15) is 5.10 Å². The fraction of sp³-hybridized carbons (Fsp3) is 0.308. The predicted molar refractivity (Wildman–Crippen MR) is 68.5 cm³/mol. The van der Waals surface area contributed by atoms with Gasteiger partial charge in [-0.1, -0.05) is 17.7 Å². The zero-order valence-corrected chi connectivity index (χ0v) is 10.2. The second kappa shape index (κ2) is 4.17. The summed E-state index contributed by atoms with van der Waals surface area (Å²) in [6, 6.07) is 7.73. The van der Waals surface area contributed by atoms with E-state index in [1.54, 1.807) is 0 Å². The summed E-state index contributed by atoms with van der Waals surface area (Å²) < 4.78 is 1.94. The van der Waals surface area contributed by atoms with Crippen molar-refractivity contribution in [2.24, 2.45) is 5.73 Å². The van der Waals surface area contributed by atoms with E-state index in [0.717, 1.165) is 29.2 Å². The number of hydrogen-bond donors (Lipinski definition) is 1. The van der Waals surface area contributed by atoms with E-state index in [1.807, 2.05) is 28.9 Å². The van der Waals surface area contributed by atoms with Crippen LogP contribution in [0.5, 0.6) is 0 Å². The molecule has 0 aliphatic heterocycles. The Morgan fingerprint density at radius 2 is 2.24 bits per heavy atom. The number of aromatic nitrogens is 2. The molecule has 0 bridgehead atoms. The molecule has 0 saturated heterocycles. The van der Waals surface area contributed by atoms with Gasteiger partial charge in [0.2, 0.25) is 0 Å². The van der Waals surface area contributed by atoms with Crippen molar-refractivity contribution < 1.29 is 0 Å². The molecule has 1 aliphatic carbocycles. The van der Waals surface area contributed by atoms with Crippen molar-refractivity contribution in [2.75, 3.05) is 0 Å². The molecule has 0 spiro atoms. The number of nitrogens with two attached hydrogens (primary N) is 1. The number of halogens is 1. The molecule has 3 nitrogen and oxygen atoms in total. The summed E-state index contributed by atoms with van der Waals surface area (Å²) in [5.74, 6) is 0. The van der Waals surface area contributed by atoms with E-state index in [4.69, 9.17) is 17.3 Å². The van der Waals surface area contributed by atoms with Gasteiger partial charge >= 0.3 is 0 Å². The summed E-state index contributed by atoms with van der Waals surface area (Å²) in [4.78, 5) is 0. The van der Waals surface area contributed by atoms with E-state index < -0.39 is 0 Å². The van der Waals surface area contributed by atoms with Gasteiger partial charge in [0.25, 0.3) is 0 Å². The van der Waals surface area contributed by atoms with E-state index in [9.17, 15) is 0 Å². The van der Waals surface area contributed by atoms with Crippen molar-refractivity contribution in [3.05, 3.63) is 46.2 Å². The molecule has 1 aliphatic rings. The minimum absolute atomic E-state index is 0.523. The maximum absolute atomic E-state index is 6.01. The van der Waals surface area contributed by atoms with E-state index >= 15 is 0 Å². The van der Waals surface area contributed by atoms with Gasteiger partial charge < -0.3 is 5.73 Å². The molecular formula is C13H14ClN3. The minimum atomic E-state index is 0.523. The lowest BCUT2D eigenvalue weighted by Gasteiger charge is -2.07. The average molecular weight is 248 g/mol. The van der Waals surface area contributed by atoms with Gasteiger partial charge in [0, 0.05) is 11.6 Å². The first kappa shape index (κ1) is 10.8. The smallest absolute Gasteiger partial charge is 0.0664 e. The van der Waals surface area contributed by atoms with Crippen LogP contribution in [0.1, 0.15) is 23.4 Å². The molecule has 1 aromatic heterocycles. The van der Waals surface area contributed by atoms with Crippen LogP contribution in [0.25, 0.3) is 5.69 Å². The van der Waals surface area contributed by atoms with E-state index in [1.165, 1.54) is 17.7 Å². The van der Waals surface area contributed by atoms with Gasteiger partial charge in [-0.25, -0.2) is 4.68 Å². The first-order valence-corrected chi connectivity index (χ1v) is 6.23. The van der Waals surface area contributed by atoms with Crippen molar-refractivity contribution in [1.82, 2.24) is 9.78 Å². The average Bonchev–Trinajstić information content (AvgIpc) is 2.88. The van der Waals surface area contributed by atoms with Crippen molar-refractivity contribution in [3.63, 3.8) is 0 Å². The third-order valence-electron chi connectivity index (χ3n) is 3.26. The van der Waals surface area contributed by atoms with Crippen LogP contribution < -0.4 is 5.73 Å². The van der Waals surface area contributed by atoms with E-state index in [-0.39, 0.29) is 0 Å². The molecule has 1 heterocycles. The van der Waals surface area contributed by atoms with Crippen LogP contribution in [-0.4, -0.2) is 9.78 Å². The number of nitrogens with zero attached hydrogens (tertiary/aromatic N) is 2. The summed E-state index contributed by atoms with van der Waals surface area (Å²) >= 11 is 6.01. The third kappa shape index (κ3) is 1.75.